The summed E-state index contributed by atoms with van der Waals surface area (Å²) < 4.78 is 17.0. The number of rotatable bonds is 2. The minimum atomic E-state index is -0.378. The standard InChI is InChI=1S/C21H23N3O4/c1-14-22-12-16-4-9-28-21(20(16)23-14)5-7-24(8-6-21)19(25)11-15-2-3-17-18(10-15)27-13-26-17/h2-3,10,12H,4-9,11,13H2,1H3. The molecule has 1 fully saturated rings. The molecule has 0 N–H and O–H groups in total. The summed E-state index contributed by atoms with van der Waals surface area (Å²) in [7, 11) is 0. The van der Waals surface area contributed by atoms with Crippen molar-refractivity contribution in [1.82, 2.24) is 14.9 Å². The predicted octanol–water partition coefficient (Wildman–Crippen LogP) is 2.15. The van der Waals surface area contributed by atoms with E-state index in [0.29, 0.717) is 31.9 Å². The highest BCUT2D eigenvalue weighted by molar-refractivity contribution is 5.79. The molecule has 3 aliphatic rings. The summed E-state index contributed by atoms with van der Waals surface area (Å²) in [5.41, 5.74) is 2.76. The second-order valence-corrected chi connectivity index (χ2v) is 7.63. The van der Waals surface area contributed by atoms with Crippen LogP contribution in [0.3, 0.4) is 0 Å². The molecule has 0 radical (unpaired) electrons. The molecule has 1 amide bonds. The topological polar surface area (TPSA) is 73.8 Å². The molecule has 1 saturated heterocycles. The smallest absolute Gasteiger partial charge is 0.231 e. The molecule has 3 aliphatic heterocycles. The van der Waals surface area contributed by atoms with E-state index in [2.05, 4.69) is 4.98 Å². The van der Waals surface area contributed by atoms with Crippen molar-refractivity contribution in [3.63, 3.8) is 0 Å². The highest BCUT2D eigenvalue weighted by Crippen LogP contribution is 2.40. The Kier molecular flexibility index (Phi) is 4.19. The van der Waals surface area contributed by atoms with Crippen molar-refractivity contribution in [2.24, 2.45) is 0 Å². The Hall–Kier alpha value is -2.67. The van der Waals surface area contributed by atoms with Crippen LogP contribution < -0.4 is 9.47 Å². The van der Waals surface area contributed by atoms with Crippen molar-refractivity contribution in [1.29, 1.82) is 0 Å². The van der Waals surface area contributed by atoms with Crippen LogP contribution in [0.2, 0.25) is 0 Å². The molecule has 5 rings (SSSR count). The summed E-state index contributed by atoms with van der Waals surface area (Å²) >= 11 is 0. The fraction of sp³-hybridized carbons (Fsp3) is 0.476. The van der Waals surface area contributed by atoms with E-state index in [4.69, 9.17) is 19.2 Å². The van der Waals surface area contributed by atoms with Gasteiger partial charge in [0, 0.05) is 19.3 Å². The van der Waals surface area contributed by atoms with Gasteiger partial charge in [-0.1, -0.05) is 6.07 Å². The third kappa shape index (κ3) is 2.99. The van der Waals surface area contributed by atoms with Gasteiger partial charge in [0.05, 0.1) is 18.7 Å². The van der Waals surface area contributed by atoms with Crippen molar-refractivity contribution in [2.45, 2.75) is 38.2 Å². The van der Waals surface area contributed by atoms with E-state index < -0.39 is 0 Å². The monoisotopic (exact) mass is 381 g/mol. The number of ether oxygens (including phenoxy) is 3. The minimum Gasteiger partial charge on any atom is -0.454 e. The van der Waals surface area contributed by atoms with Gasteiger partial charge in [-0.3, -0.25) is 4.79 Å². The van der Waals surface area contributed by atoms with Crippen LogP contribution in [0.15, 0.2) is 24.4 Å². The van der Waals surface area contributed by atoms with E-state index in [1.807, 2.05) is 36.2 Å². The predicted molar refractivity (Wildman–Crippen MR) is 100 cm³/mol. The van der Waals surface area contributed by atoms with Crippen molar-refractivity contribution < 1.29 is 19.0 Å². The highest BCUT2D eigenvalue weighted by atomic mass is 16.7. The van der Waals surface area contributed by atoms with Crippen LogP contribution in [-0.4, -0.2) is 47.3 Å². The van der Waals surface area contributed by atoms with Gasteiger partial charge in [0.2, 0.25) is 12.7 Å². The van der Waals surface area contributed by atoms with Crippen LogP contribution in [-0.2, 0) is 28.0 Å². The number of aromatic nitrogens is 2. The maximum atomic E-state index is 12.8. The second kappa shape index (κ2) is 6.74. The van der Waals surface area contributed by atoms with Gasteiger partial charge in [0.15, 0.2) is 11.5 Å². The molecule has 0 atom stereocenters. The second-order valence-electron chi connectivity index (χ2n) is 7.63. The Balaban J connectivity index is 1.28. The average Bonchev–Trinajstić information content (AvgIpc) is 3.17. The van der Waals surface area contributed by atoms with E-state index >= 15 is 0 Å². The SMILES string of the molecule is Cc1ncc2c(n1)C1(CCN(C(=O)Cc3ccc4c(c3)OCO4)CC1)OCC2. The maximum absolute atomic E-state index is 12.8. The quantitative estimate of drug-likeness (QED) is 0.794. The Bertz CT molecular complexity index is 922. The molecule has 1 spiro atoms. The van der Waals surface area contributed by atoms with Gasteiger partial charge in [-0.15, -0.1) is 0 Å². The first-order chi connectivity index (χ1) is 13.6. The van der Waals surface area contributed by atoms with Crippen LogP contribution in [0.4, 0.5) is 0 Å². The third-order valence-corrected chi connectivity index (χ3v) is 5.88. The zero-order valence-electron chi connectivity index (χ0n) is 15.9. The molecule has 7 nitrogen and oxygen atoms in total. The molecule has 1 aromatic heterocycles. The number of nitrogens with zero attached hydrogens (tertiary/aromatic N) is 3. The van der Waals surface area contributed by atoms with E-state index in [0.717, 1.165) is 42.1 Å². The van der Waals surface area contributed by atoms with E-state index in [-0.39, 0.29) is 18.3 Å². The highest BCUT2D eigenvalue weighted by Gasteiger charge is 2.43. The molecule has 0 bridgehead atoms. The molecule has 7 heteroatoms. The van der Waals surface area contributed by atoms with Crippen molar-refractivity contribution >= 4 is 5.91 Å². The van der Waals surface area contributed by atoms with Crippen molar-refractivity contribution in [2.75, 3.05) is 26.5 Å². The van der Waals surface area contributed by atoms with Gasteiger partial charge in [-0.25, -0.2) is 9.97 Å². The van der Waals surface area contributed by atoms with Crippen LogP contribution in [0, 0.1) is 6.92 Å². The number of carbonyl (C=O) groups excluding carboxylic acids is 1. The number of carbonyl (C=O) groups is 1. The third-order valence-electron chi connectivity index (χ3n) is 5.88. The summed E-state index contributed by atoms with van der Waals surface area (Å²) in [6.07, 6.45) is 4.68. The lowest BCUT2D eigenvalue weighted by Crippen LogP contribution is -2.49. The molecule has 1 aromatic carbocycles. The van der Waals surface area contributed by atoms with Crippen molar-refractivity contribution in [3.05, 3.63) is 47.0 Å². The lowest BCUT2D eigenvalue weighted by Gasteiger charge is -2.44. The fourth-order valence-electron chi connectivity index (χ4n) is 4.33. The van der Waals surface area contributed by atoms with Crippen LogP contribution >= 0.6 is 0 Å². The number of benzene rings is 1. The summed E-state index contributed by atoms with van der Waals surface area (Å²) in [6, 6.07) is 5.69. The Morgan fingerprint density at radius 3 is 2.89 bits per heavy atom. The molecular formula is C21H23N3O4. The normalized spacial score (nSPS) is 19.5. The van der Waals surface area contributed by atoms with Gasteiger partial charge >= 0.3 is 0 Å². The largest absolute Gasteiger partial charge is 0.454 e. The molecule has 0 saturated carbocycles. The van der Waals surface area contributed by atoms with Gasteiger partial charge in [0.25, 0.3) is 0 Å². The number of likely N-dealkylation sites (tertiary alicyclic amines) is 1. The first-order valence-corrected chi connectivity index (χ1v) is 9.76. The Morgan fingerprint density at radius 1 is 1.21 bits per heavy atom. The summed E-state index contributed by atoms with van der Waals surface area (Å²) in [6.45, 7) is 4.18. The van der Waals surface area contributed by atoms with E-state index in [1.54, 1.807) is 0 Å². The lowest BCUT2D eigenvalue weighted by molar-refractivity contribution is -0.140. The molecule has 0 aliphatic carbocycles. The van der Waals surface area contributed by atoms with Crippen molar-refractivity contribution in [3.8, 4) is 11.5 Å². The number of aryl methyl sites for hydroxylation is 1. The average molecular weight is 381 g/mol. The molecule has 28 heavy (non-hydrogen) atoms. The first kappa shape index (κ1) is 17.4. The van der Waals surface area contributed by atoms with E-state index in [9.17, 15) is 4.79 Å². The number of piperidine rings is 1. The number of hydrogen-bond acceptors (Lipinski definition) is 6. The fourth-order valence-corrected chi connectivity index (χ4v) is 4.33. The van der Waals surface area contributed by atoms with Crippen LogP contribution in [0.1, 0.15) is 35.5 Å². The Labute approximate surface area is 163 Å². The summed E-state index contributed by atoms with van der Waals surface area (Å²) in [5, 5.41) is 0. The number of hydrogen-bond donors (Lipinski definition) is 0. The van der Waals surface area contributed by atoms with Crippen LogP contribution in [0.25, 0.3) is 0 Å². The molecular weight excluding hydrogens is 358 g/mol. The van der Waals surface area contributed by atoms with Gasteiger partial charge < -0.3 is 19.1 Å². The number of amides is 1. The number of fused-ring (bicyclic) bond motifs is 3. The zero-order chi connectivity index (χ0) is 19.1. The summed E-state index contributed by atoms with van der Waals surface area (Å²) in [5.74, 6) is 2.35. The molecule has 2 aromatic rings. The molecule has 146 valence electrons. The zero-order valence-corrected chi connectivity index (χ0v) is 15.9. The maximum Gasteiger partial charge on any atom is 0.231 e. The Morgan fingerprint density at radius 2 is 2.04 bits per heavy atom. The van der Waals surface area contributed by atoms with E-state index in [1.165, 1.54) is 5.56 Å². The van der Waals surface area contributed by atoms with Gasteiger partial charge in [0.1, 0.15) is 11.4 Å². The lowest BCUT2D eigenvalue weighted by atomic mass is 9.83. The minimum absolute atomic E-state index is 0.128. The summed E-state index contributed by atoms with van der Waals surface area (Å²) in [4.78, 5) is 23.8. The van der Waals surface area contributed by atoms with Gasteiger partial charge in [-0.2, -0.15) is 0 Å². The first-order valence-electron chi connectivity index (χ1n) is 9.76. The van der Waals surface area contributed by atoms with Gasteiger partial charge in [-0.05, 0) is 49.4 Å². The molecule has 4 heterocycles. The van der Waals surface area contributed by atoms with Crippen LogP contribution in [0.5, 0.6) is 11.5 Å². The molecule has 0 unspecified atom stereocenters.